The molecule has 140 valence electrons. The van der Waals surface area contributed by atoms with E-state index in [9.17, 15) is 4.79 Å². The molecule has 0 atom stereocenters. The molecule has 1 aliphatic rings. The predicted octanol–water partition coefficient (Wildman–Crippen LogP) is 4.17. The Morgan fingerprint density at radius 1 is 1.11 bits per heavy atom. The third-order valence-corrected chi connectivity index (χ3v) is 5.46. The maximum absolute atomic E-state index is 12.6. The van der Waals surface area contributed by atoms with Gasteiger partial charge < -0.3 is 14.4 Å². The number of carbonyl (C=O) groups excluding carboxylic acids is 1. The number of hydrogen-bond donors (Lipinski definition) is 1. The summed E-state index contributed by atoms with van der Waals surface area (Å²) in [5, 5.41) is 3.45. The number of benzene rings is 2. The molecule has 0 radical (unpaired) electrons. The molecule has 2 heterocycles. The molecule has 6 nitrogen and oxygen atoms in total. The highest BCUT2D eigenvalue weighted by molar-refractivity contribution is 7.22. The lowest BCUT2D eigenvalue weighted by Gasteiger charge is -2.20. The molecular formula is C20H21N3O3S. The average molecular weight is 383 g/mol. The van der Waals surface area contributed by atoms with Crippen molar-refractivity contribution < 1.29 is 14.3 Å². The monoisotopic (exact) mass is 383 g/mol. The smallest absolute Gasteiger partial charge is 0.257 e. The van der Waals surface area contributed by atoms with Crippen molar-refractivity contribution in [1.82, 2.24) is 4.98 Å². The van der Waals surface area contributed by atoms with E-state index in [1.165, 1.54) is 11.3 Å². The van der Waals surface area contributed by atoms with Crippen LogP contribution in [0.2, 0.25) is 0 Å². The largest absolute Gasteiger partial charge is 0.486 e. The first-order valence-electron chi connectivity index (χ1n) is 9.04. The summed E-state index contributed by atoms with van der Waals surface area (Å²) in [6, 6.07) is 11.4. The van der Waals surface area contributed by atoms with Crippen LogP contribution in [-0.2, 0) is 0 Å². The van der Waals surface area contributed by atoms with Crippen molar-refractivity contribution in [1.29, 1.82) is 0 Å². The van der Waals surface area contributed by atoms with Gasteiger partial charge >= 0.3 is 0 Å². The van der Waals surface area contributed by atoms with Crippen LogP contribution in [0.3, 0.4) is 0 Å². The molecule has 0 bridgehead atoms. The number of carbonyl (C=O) groups is 1. The van der Waals surface area contributed by atoms with Gasteiger partial charge in [-0.15, -0.1) is 0 Å². The van der Waals surface area contributed by atoms with Crippen molar-refractivity contribution in [2.75, 3.05) is 36.5 Å². The van der Waals surface area contributed by atoms with Crippen molar-refractivity contribution in [3.05, 3.63) is 42.0 Å². The third-order valence-electron chi connectivity index (χ3n) is 4.53. The number of aromatic nitrogens is 1. The summed E-state index contributed by atoms with van der Waals surface area (Å²) in [7, 11) is 0. The van der Waals surface area contributed by atoms with Gasteiger partial charge in [0.2, 0.25) is 0 Å². The first-order valence-corrected chi connectivity index (χ1v) is 9.86. The summed E-state index contributed by atoms with van der Waals surface area (Å²) in [6.45, 7) is 7.19. The zero-order chi connectivity index (χ0) is 18.8. The number of amides is 1. The van der Waals surface area contributed by atoms with Crippen molar-refractivity contribution in [2.24, 2.45) is 0 Å². The van der Waals surface area contributed by atoms with Gasteiger partial charge in [-0.1, -0.05) is 11.3 Å². The lowest BCUT2D eigenvalue weighted by molar-refractivity contribution is 0.102. The van der Waals surface area contributed by atoms with Gasteiger partial charge in [0, 0.05) is 36.5 Å². The highest BCUT2D eigenvalue weighted by atomic mass is 32.1. The van der Waals surface area contributed by atoms with Gasteiger partial charge in [0.15, 0.2) is 16.6 Å². The number of anilines is 2. The number of thiazole rings is 1. The second-order valence-corrected chi connectivity index (χ2v) is 7.19. The molecule has 0 unspecified atom stereocenters. The van der Waals surface area contributed by atoms with Crippen LogP contribution in [0.1, 0.15) is 24.2 Å². The standard InChI is InChI=1S/C20H21N3O3S/c1-3-23(4-2)14-7-5-13(6-8-14)19(24)22-20-21-15-11-16-17(12-18(15)27-20)26-10-9-25-16/h5-8,11-12H,3-4,9-10H2,1-2H3,(H,21,22,24). The zero-order valence-electron chi connectivity index (χ0n) is 15.3. The van der Waals surface area contributed by atoms with Crippen LogP contribution in [0.25, 0.3) is 10.2 Å². The number of fused-ring (bicyclic) bond motifs is 2. The molecule has 3 aromatic rings. The molecule has 1 N–H and O–H groups in total. The number of hydrogen-bond acceptors (Lipinski definition) is 6. The molecule has 4 rings (SSSR count). The van der Waals surface area contributed by atoms with Crippen LogP contribution in [-0.4, -0.2) is 37.2 Å². The highest BCUT2D eigenvalue weighted by Gasteiger charge is 2.16. The lowest BCUT2D eigenvalue weighted by atomic mass is 10.2. The fourth-order valence-electron chi connectivity index (χ4n) is 3.10. The molecule has 7 heteroatoms. The quantitative estimate of drug-likeness (QED) is 0.717. The Morgan fingerprint density at radius 3 is 2.44 bits per heavy atom. The summed E-state index contributed by atoms with van der Waals surface area (Å²) in [5.41, 5.74) is 2.51. The van der Waals surface area contributed by atoms with Crippen LogP contribution in [0, 0.1) is 0 Å². The molecule has 2 aromatic carbocycles. The summed E-state index contributed by atoms with van der Waals surface area (Å²) < 4.78 is 12.1. The minimum Gasteiger partial charge on any atom is -0.486 e. The second-order valence-electron chi connectivity index (χ2n) is 6.16. The maximum Gasteiger partial charge on any atom is 0.257 e. The van der Waals surface area contributed by atoms with E-state index in [0.717, 1.165) is 34.7 Å². The van der Waals surface area contributed by atoms with E-state index >= 15 is 0 Å². The van der Waals surface area contributed by atoms with Gasteiger partial charge in [0.1, 0.15) is 13.2 Å². The molecule has 0 spiro atoms. The summed E-state index contributed by atoms with van der Waals surface area (Å²) >= 11 is 1.42. The minimum absolute atomic E-state index is 0.169. The molecule has 0 saturated heterocycles. The Balaban J connectivity index is 1.52. The van der Waals surface area contributed by atoms with Crippen molar-refractivity contribution in [3.8, 4) is 11.5 Å². The van der Waals surface area contributed by atoms with E-state index in [-0.39, 0.29) is 5.91 Å². The van der Waals surface area contributed by atoms with Gasteiger partial charge in [-0.3, -0.25) is 10.1 Å². The Morgan fingerprint density at radius 2 is 1.78 bits per heavy atom. The van der Waals surface area contributed by atoms with Crippen molar-refractivity contribution in [2.45, 2.75) is 13.8 Å². The van der Waals surface area contributed by atoms with Gasteiger partial charge in [-0.05, 0) is 38.1 Å². The molecular weight excluding hydrogens is 362 g/mol. The molecule has 1 amide bonds. The van der Waals surface area contributed by atoms with E-state index < -0.39 is 0 Å². The van der Waals surface area contributed by atoms with Crippen molar-refractivity contribution in [3.63, 3.8) is 0 Å². The van der Waals surface area contributed by atoms with Crippen LogP contribution < -0.4 is 19.7 Å². The Labute approximate surface area is 161 Å². The molecule has 0 fully saturated rings. The molecule has 0 aliphatic carbocycles. The van der Waals surface area contributed by atoms with E-state index in [1.807, 2.05) is 36.4 Å². The van der Waals surface area contributed by atoms with Crippen LogP contribution in [0.4, 0.5) is 10.8 Å². The van der Waals surface area contributed by atoms with Crippen LogP contribution in [0.5, 0.6) is 11.5 Å². The predicted molar refractivity (Wildman–Crippen MR) is 109 cm³/mol. The number of nitrogens with one attached hydrogen (secondary N) is 1. The minimum atomic E-state index is -0.169. The topological polar surface area (TPSA) is 63.7 Å². The summed E-state index contributed by atoms with van der Waals surface area (Å²) in [4.78, 5) is 19.3. The SMILES string of the molecule is CCN(CC)c1ccc(C(=O)Nc2nc3cc4c(cc3s2)OCCO4)cc1. The first-order chi connectivity index (χ1) is 13.2. The molecule has 27 heavy (non-hydrogen) atoms. The van der Waals surface area contributed by atoms with E-state index in [2.05, 4.69) is 29.0 Å². The summed E-state index contributed by atoms with van der Waals surface area (Å²) in [5.74, 6) is 1.25. The molecule has 1 aliphatic heterocycles. The Hall–Kier alpha value is -2.80. The Kier molecular flexibility index (Phi) is 4.85. The highest BCUT2D eigenvalue weighted by Crippen LogP contribution is 2.37. The number of nitrogens with zero attached hydrogens (tertiary/aromatic N) is 2. The molecule has 1 aromatic heterocycles. The second kappa shape index (κ2) is 7.44. The van der Waals surface area contributed by atoms with E-state index in [0.29, 0.717) is 29.7 Å². The lowest BCUT2D eigenvalue weighted by Crippen LogP contribution is -2.21. The van der Waals surface area contributed by atoms with Crippen LogP contribution >= 0.6 is 11.3 Å². The van der Waals surface area contributed by atoms with Gasteiger partial charge in [-0.25, -0.2) is 4.98 Å². The fourth-order valence-corrected chi connectivity index (χ4v) is 3.97. The Bertz CT molecular complexity index is 922. The van der Waals surface area contributed by atoms with Crippen molar-refractivity contribution >= 4 is 38.3 Å². The molecule has 0 saturated carbocycles. The van der Waals surface area contributed by atoms with Crippen LogP contribution in [0.15, 0.2) is 36.4 Å². The van der Waals surface area contributed by atoms with E-state index in [4.69, 9.17) is 9.47 Å². The normalized spacial score (nSPS) is 12.8. The van der Waals surface area contributed by atoms with Gasteiger partial charge in [0.05, 0.1) is 10.2 Å². The maximum atomic E-state index is 12.6. The van der Waals surface area contributed by atoms with Gasteiger partial charge in [0.25, 0.3) is 5.91 Å². The number of rotatable bonds is 5. The fraction of sp³-hybridized carbons (Fsp3) is 0.300. The van der Waals surface area contributed by atoms with E-state index in [1.54, 1.807) is 0 Å². The first kappa shape index (κ1) is 17.6. The average Bonchev–Trinajstić information content (AvgIpc) is 3.08. The number of ether oxygens (including phenoxy) is 2. The summed E-state index contributed by atoms with van der Waals surface area (Å²) in [6.07, 6.45) is 0. The van der Waals surface area contributed by atoms with Gasteiger partial charge in [-0.2, -0.15) is 0 Å². The third kappa shape index (κ3) is 3.55. The zero-order valence-corrected chi connectivity index (χ0v) is 16.1.